The second-order valence-electron chi connectivity index (χ2n) is 3.90. The molecule has 1 atom stereocenters. The van der Waals surface area contributed by atoms with Crippen molar-refractivity contribution in [2.45, 2.75) is 45.6 Å². The summed E-state index contributed by atoms with van der Waals surface area (Å²) < 4.78 is 5.16. The number of hydrogen-bond acceptors (Lipinski definition) is 3. The van der Waals surface area contributed by atoms with E-state index in [9.17, 15) is 4.79 Å². The van der Waals surface area contributed by atoms with Crippen molar-refractivity contribution in [3.63, 3.8) is 0 Å². The number of nitrogens with two attached hydrogens (primary N) is 1. The Balaban J connectivity index is 3.98. The maximum absolute atomic E-state index is 11.6. The van der Waals surface area contributed by atoms with Crippen LogP contribution < -0.4 is 11.1 Å². The second-order valence-corrected chi connectivity index (χ2v) is 4.34. The maximum Gasteiger partial charge on any atom is 0.220 e. The second kappa shape index (κ2) is 7.57. The SMILES string of the molecule is CCOCCCC(=O)NC(C)(CC)C(N)=S. The summed E-state index contributed by atoms with van der Waals surface area (Å²) in [7, 11) is 0. The van der Waals surface area contributed by atoms with Gasteiger partial charge in [0.05, 0.1) is 10.5 Å². The number of ether oxygens (including phenoxy) is 1. The van der Waals surface area contributed by atoms with E-state index >= 15 is 0 Å². The van der Waals surface area contributed by atoms with E-state index in [1.165, 1.54) is 0 Å². The summed E-state index contributed by atoms with van der Waals surface area (Å²) in [6, 6.07) is 0. The van der Waals surface area contributed by atoms with Gasteiger partial charge in [-0.2, -0.15) is 0 Å². The van der Waals surface area contributed by atoms with Crippen molar-refractivity contribution in [3.05, 3.63) is 0 Å². The van der Waals surface area contributed by atoms with Crippen molar-refractivity contribution in [2.75, 3.05) is 13.2 Å². The zero-order valence-corrected chi connectivity index (χ0v) is 11.2. The molecule has 0 spiro atoms. The fraction of sp³-hybridized carbons (Fsp3) is 0.818. The van der Waals surface area contributed by atoms with Gasteiger partial charge in [-0.25, -0.2) is 0 Å². The summed E-state index contributed by atoms with van der Waals surface area (Å²) in [5.74, 6) is -0.0307. The lowest BCUT2D eigenvalue weighted by atomic mass is 9.98. The van der Waals surface area contributed by atoms with Crippen LogP contribution in [0.1, 0.15) is 40.0 Å². The quantitative estimate of drug-likeness (QED) is 0.501. The monoisotopic (exact) mass is 246 g/mol. The molecular formula is C11H22N2O2S. The van der Waals surface area contributed by atoms with Crippen LogP contribution in [0.5, 0.6) is 0 Å². The number of nitrogens with one attached hydrogen (secondary N) is 1. The predicted octanol–water partition coefficient (Wildman–Crippen LogP) is 1.37. The van der Waals surface area contributed by atoms with Crippen molar-refractivity contribution in [1.29, 1.82) is 0 Å². The highest BCUT2D eigenvalue weighted by molar-refractivity contribution is 7.80. The molecule has 16 heavy (non-hydrogen) atoms. The van der Waals surface area contributed by atoms with Crippen molar-refractivity contribution in [1.82, 2.24) is 5.32 Å². The van der Waals surface area contributed by atoms with Crippen LogP contribution in [0.25, 0.3) is 0 Å². The van der Waals surface area contributed by atoms with Gasteiger partial charge < -0.3 is 15.8 Å². The molecule has 94 valence electrons. The third kappa shape index (κ3) is 5.42. The molecule has 0 bridgehead atoms. The van der Waals surface area contributed by atoms with E-state index in [4.69, 9.17) is 22.7 Å². The van der Waals surface area contributed by atoms with Crippen LogP contribution >= 0.6 is 12.2 Å². The molecule has 0 heterocycles. The Morgan fingerprint density at radius 2 is 2.12 bits per heavy atom. The van der Waals surface area contributed by atoms with Gasteiger partial charge in [0.2, 0.25) is 5.91 Å². The smallest absolute Gasteiger partial charge is 0.220 e. The van der Waals surface area contributed by atoms with Crippen molar-refractivity contribution in [2.24, 2.45) is 5.73 Å². The molecule has 0 saturated heterocycles. The van der Waals surface area contributed by atoms with Crippen LogP contribution in [-0.2, 0) is 9.53 Å². The van der Waals surface area contributed by atoms with Gasteiger partial charge in [-0.15, -0.1) is 0 Å². The Labute approximate surface area is 103 Å². The van der Waals surface area contributed by atoms with Crippen molar-refractivity contribution in [3.8, 4) is 0 Å². The minimum Gasteiger partial charge on any atom is -0.391 e. The van der Waals surface area contributed by atoms with Gasteiger partial charge in [-0.1, -0.05) is 19.1 Å². The van der Waals surface area contributed by atoms with Crippen LogP contribution in [0.4, 0.5) is 0 Å². The molecule has 4 nitrogen and oxygen atoms in total. The van der Waals surface area contributed by atoms with Gasteiger partial charge in [0.25, 0.3) is 0 Å². The number of carbonyl (C=O) groups is 1. The third-order valence-corrected chi connectivity index (χ3v) is 3.01. The average Bonchev–Trinajstić information content (AvgIpc) is 2.24. The van der Waals surface area contributed by atoms with Gasteiger partial charge in [-0.05, 0) is 26.7 Å². The largest absolute Gasteiger partial charge is 0.391 e. The van der Waals surface area contributed by atoms with E-state index in [0.29, 0.717) is 31.0 Å². The van der Waals surface area contributed by atoms with Crippen LogP contribution in [-0.4, -0.2) is 29.6 Å². The van der Waals surface area contributed by atoms with Gasteiger partial charge in [-0.3, -0.25) is 4.79 Å². The number of rotatable bonds is 8. The molecular weight excluding hydrogens is 224 g/mol. The summed E-state index contributed by atoms with van der Waals surface area (Å²) in [6.45, 7) is 7.01. The molecule has 5 heteroatoms. The minimum absolute atomic E-state index is 0.0307. The first-order valence-corrected chi connectivity index (χ1v) is 6.05. The van der Waals surface area contributed by atoms with Crippen LogP contribution in [0.15, 0.2) is 0 Å². The van der Waals surface area contributed by atoms with E-state index in [2.05, 4.69) is 5.32 Å². The Morgan fingerprint density at radius 1 is 1.50 bits per heavy atom. The first kappa shape index (κ1) is 15.3. The Hall–Kier alpha value is -0.680. The van der Waals surface area contributed by atoms with Crippen LogP contribution in [0, 0.1) is 0 Å². The van der Waals surface area contributed by atoms with Crippen LogP contribution in [0.2, 0.25) is 0 Å². The molecule has 0 aromatic heterocycles. The fourth-order valence-electron chi connectivity index (χ4n) is 1.17. The molecule has 0 fully saturated rings. The molecule has 0 aromatic carbocycles. The molecule has 0 rings (SSSR count). The lowest BCUT2D eigenvalue weighted by molar-refractivity contribution is -0.122. The highest BCUT2D eigenvalue weighted by atomic mass is 32.1. The molecule has 0 aliphatic heterocycles. The summed E-state index contributed by atoms with van der Waals surface area (Å²) >= 11 is 4.94. The fourth-order valence-corrected chi connectivity index (χ4v) is 1.37. The van der Waals surface area contributed by atoms with Gasteiger partial charge in [0.1, 0.15) is 0 Å². The Kier molecular flexibility index (Phi) is 7.25. The van der Waals surface area contributed by atoms with E-state index in [1.807, 2.05) is 20.8 Å². The van der Waals surface area contributed by atoms with Crippen LogP contribution in [0.3, 0.4) is 0 Å². The molecule has 0 saturated carbocycles. The number of hydrogen-bond donors (Lipinski definition) is 2. The Bertz CT molecular complexity index is 246. The van der Waals surface area contributed by atoms with Gasteiger partial charge >= 0.3 is 0 Å². The molecule has 0 aromatic rings. The first-order valence-electron chi connectivity index (χ1n) is 5.65. The summed E-state index contributed by atoms with van der Waals surface area (Å²) in [5, 5.41) is 2.86. The third-order valence-electron chi connectivity index (χ3n) is 2.56. The topological polar surface area (TPSA) is 64.3 Å². The first-order chi connectivity index (χ1) is 7.46. The standard InChI is InChI=1S/C11H22N2O2S/c1-4-11(3,10(12)16)13-9(14)7-6-8-15-5-2/h4-8H2,1-3H3,(H2,12,16)(H,13,14). The normalized spacial score (nSPS) is 14.2. The van der Waals surface area contributed by atoms with E-state index in [1.54, 1.807) is 0 Å². The van der Waals surface area contributed by atoms with Gasteiger partial charge in [0, 0.05) is 19.6 Å². The Morgan fingerprint density at radius 3 is 2.56 bits per heavy atom. The summed E-state index contributed by atoms with van der Waals surface area (Å²) in [4.78, 5) is 11.9. The molecule has 1 unspecified atom stereocenters. The van der Waals surface area contributed by atoms with E-state index < -0.39 is 5.54 Å². The molecule has 1 amide bonds. The molecule has 0 aliphatic rings. The summed E-state index contributed by atoms with van der Waals surface area (Å²) in [5.41, 5.74) is 5.03. The molecule has 3 N–H and O–H groups in total. The van der Waals surface area contributed by atoms with Crippen molar-refractivity contribution >= 4 is 23.1 Å². The van der Waals surface area contributed by atoms with Crippen molar-refractivity contribution < 1.29 is 9.53 Å². The number of thiocarbonyl (C=S) groups is 1. The average molecular weight is 246 g/mol. The zero-order chi connectivity index (χ0) is 12.6. The predicted molar refractivity (Wildman–Crippen MR) is 69.4 cm³/mol. The lowest BCUT2D eigenvalue weighted by Gasteiger charge is -2.28. The highest BCUT2D eigenvalue weighted by Gasteiger charge is 2.26. The number of carbonyl (C=O) groups excluding carboxylic acids is 1. The maximum atomic E-state index is 11.6. The van der Waals surface area contributed by atoms with E-state index in [-0.39, 0.29) is 5.91 Å². The summed E-state index contributed by atoms with van der Waals surface area (Å²) in [6.07, 6.45) is 1.86. The highest BCUT2D eigenvalue weighted by Crippen LogP contribution is 2.10. The zero-order valence-electron chi connectivity index (χ0n) is 10.3. The lowest BCUT2D eigenvalue weighted by Crippen LogP contribution is -2.54. The van der Waals surface area contributed by atoms with E-state index in [0.717, 1.165) is 6.42 Å². The minimum atomic E-state index is -0.571. The molecule has 0 radical (unpaired) electrons. The van der Waals surface area contributed by atoms with Gasteiger partial charge in [0.15, 0.2) is 0 Å². The number of amides is 1. The molecule has 0 aliphatic carbocycles.